The zero-order valence-electron chi connectivity index (χ0n) is 9.52. The first-order valence-electron chi connectivity index (χ1n) is 5.13. The van der Waals surface area contributed by atoms with E-state index in [1.165, 1.54) is 0 Å². The number of fused-ring (bicyclic) bond motifs is 1. The van der Waals surface area contributed by atoms with E-state index in [0.717, 1.165) is 23.0 Å². The van der Waals surface area contributed by atoms with Gasteiger partial charge in [0.25, 0.3) is 0 Å². The highest BCUT2D eigenvalue weighted by Crippen LogP contribution is 2.30. The van der Waals surface area contributed by atoms with Gasteiger partial charge in [-0.1, -0.05) is 6.07 Å². The summed E-state index contributed by atoms with van der Waals surface area (Å²) in [5.41, 5.74) is 3.15. The van der Waals surface area contributed by atoms with Gasteiger partial charge in [0.15, 0.2) is 0 Å². The average molecular weight is 245 g/mol. The van der Waals surface area contributed by atoms with Gasteiger partial charge in [-0.3, -0.25) is 9.79 Å². The van der Waals surface area contributed by atoms with Crippen molar-refractivity contribution in [3.8, 4) is 5.40 Å². The molecule has 0 fully saturated rings. The molecule has 1 aromatic rings. The Morgan fingerprint density at radius 2 is 2.24 bits per heavy atom. The molecule has 5 heteroatoms. The Kier molecular flexibility index (Phi) is 3.16. The number of nitriles is 1. The first kappa shape index (κ1) is 11.7. The lowest BCUT2D eigenvalue weighted by Crippen LogP contribution is -2.29. The lowest BCUT2D eigenvalue weighted by molar-refractivity contribution is -0.114. The van der Waals surface area contributed by atoms with Crippen LogP contribution in [0.25, 0.3) is 0 Å². The number of aliphatic imine (C=N–C) groups is 1. The molecule has 1 unspecified atom stereocenters. The zero-order chi connectivity index (χ0) is 12.4. The van der Waals surface area contributed by atoms with Gasteiger partial charge in [0, 0.05) is 5.71 Å². The normalized spacial score (nSPS) is 18.5. The van der Waals surface area contributed by atoms with E-state index in [0.29, 0.717) is 11.4 Å². The van der Waals surface area contributed by atoms with Crippen LogP contribution < -0.4 is 5.32 Å². The number of anilines is 1. The number of thioether (sulfide) groups is 1. The summed E-state index contributed by atoms with van der Waals surface area (Å²) in [4.78, 5) is 16.3. The summed E-state index contributed by atoms with van der Waals surface area (Å²) in [6.45, 7) is 3.72. The number of nitrogens with one attached hydrogen (secondary N) is 1. The molecule has 1 heterocycles. The van der Waals surface area contributed by atoms with Gasteiger partial charge in [-0.25, -0.2) is 0 Å². The van der Waals surface area contributed by atoms with Crippen LogP contribution in [-0.4, -0.2) is 16.9 Å². The predicted octanol–water partition coefficient (Wildman–Crippen LogP) is 2.62. The highest BCUT2D eigenvalue weighted by Gasteiger charge is 2.26. The fourth-order valence-electron chi connectivity index (χ4n) is 1.68. The summed E-state index contributed by atoms with van der Waals surface area (Å²) in [6.07, 6.45) is 0. The highest BCUT2D eigenvalue weighted by molar-refractivity contribution is 8.05. The van der Waals surface area contributed by atoms with E-state index in [1.54, 1.807) is 6.92 Å². The Morgan fingerprint density at radius 3 is 2.94 bits per heavy atom. The number of carbonyl (C=O) groups excluding carboxylic acids is 1. The average Bonchev–Trinajstić information content (AvgIpc) is 2.38. The molecule has 1 amide bonds. The fourth-order valence-corrected chi connectivity index (χ4v) is 2.17. The molecular weight excluding hydrogens is 234 g/mol. The van der Waals surface area contributed by atoms with Crippen LogP contribution in [0.3, 0.4) is 0 Å². The van der Waals surface area contributed by atoms with Crippen LogP contribution in [0, 0.1) is 17.6 Å². The van der Waals surface area contributed by atoms with Crippen molar-refractivity contribution in [3.63, 3.8) is 0 Å². The van der Waals surface area contributed by atoms with E-state index >= 15 is 0 Å². The van der Waals surface area contributed by atoms with Gasteiger partial charge in [-0.15, -0.1) is 0 Å². The molecule has 0 aromatic heterocycles. The Labute approximate surface area is 104 Å². The Balaban J connectivity index is 2.46. The monoisotopic (exact) mass is 245 g/mol. The van der Waals surface area contributed by atoms with E-state index < -0.39 is 5.25 Å². The van der Waals surface area contributed by atoms with Crippen LogP contribution in [0.15, 0.2) is 23.2 Å². The number of nitrogens with zero attached hydrogens (tertiary/aromatic N) is 2. The maximum Gasteiger partial charge on any atom is 0.244 e. The van der Waals surface area contributed by atoms with Gasteiger partial charge < -0.3 is 5.32 Å². The third kappa shape index (κ3) is 2.32. The summed E-state index contributed by atoms with van der Waals surface area (Å²) >= 11 is 0.919. The maximum absolute atomic E-state index is 11.9. The minimum absolute atomic E-state index is 0.192. The van der Waals surface area contributed by atoms with Crippen molar-refractivity contribution < 1.29 is 4.79 Å². The molecule has 4 nitrogen and oxygen atoms in total. The van der Waals surface area contributed by atoms with Crippen molar-refractivity contribution in [2.24, 2.45) is 4.99 Å². The molecule has 86 valence electrons. The minimum atomic E-state index is -0.535. The summed E-state index contributed by atoms with van der Waals surface area (Å²) in [6, 6.07) is 5.69. The number of hydrogen-bond acceptors (Lipinski definition) is 4. The van der Waals surface area contributed by atoms with Crippen molar-refractivity contribution in [2.75, 3.05) is 5.32 Å². The molecule has 0 spiro atoms. The van der Waals surface area contributed by atoms with Crippen molar-refractivity contribution in [1.82, 2.24) is 0 Å². The topological polar surface area (TPSA) is 65.2 Å². The van der Waals surface area contributed by atoms with E-state index in [9.17, 15) is 4.79 Å². The molecule has 0 saturated carbocycles. The lowest BCUT2D eigenvalue weighted by Gasteiger charge is -2.09. The third-order valence-electron chi connectivity index (χ3n) is 2.49. The van der Waals surface area contributed by atoms with Crippen LogP contribution in [0.2, 0.25) is 0 Å². The number of aryl methyl sites for hydroxylation is 1. The van der Waals surface area contributed by atoms with Gasteiger partial charge in [0.05, 0.1) is 11.4 Å². The molecular formula is C12H11N3OS. The van der Waals surface area contributed by atoms with Crippen LogP contribution in [0.4, 0.5) is 11.4 Å². The van der Waals surface area contributed by atoms with Crippen molar-refractivity contribution in [1.29, 1.82) is 5.26 Å². The maximum atomic E-state index is 11.9. The third-order valence-corrected chi connectivity index (χ3v) is 3.39. The van der Waals surface area contributed by atoms with Gasteiger partial charge in [-0.05, 0) is 43.3 Å². The summed E-state index contributed by atoms with van der Waals surface area (Å²) in [7, 11) is 0. The Hall–Kier alpha value is -1.80. The fraction of sp³-hybridized carbons (Fsp3) is 0.250. The molecule has 1 aromatic carbocycles. The van der Waals surface area contributed by atoms with Crippen molar-refractivity contribution in [3.05, 3.63) is 23.8 Å². The van der Waals surface area contributed by atoms with Crippen LogP contribution in [-0.2, 0) is 4.79 Å². The molecule has 0 saturated heterocycles. The lowest BCUT2D eigenvalue weighted by atomic mass is 10.2. The molecule has 1 aliphatic rings. The standard InChI is InChI=1S/C12H11N3OS/c1-7-3-4-9-10(5-7)15-12(16)11(17-6-13)8(2)14-9/h3-5,11H,1-2H3,(H,15,16). The van der Waals surface area contributed by atoms with Crippen molar-refractivity contribution >= 4 is 34.8 Å². The number of hydrogen-bond donors (Lipinski definition) is 1. The number of carbonyl (C=O) groups is 1. The summed E-state index contributed by atoms with van der Waals surface area (Å²) in [5, 5.41) is 12.9. The van der Waals surface area contributed by atoms with E-state index in [1.807, 2.05) is 30.5 Å². The molecule has 1 aliphatic heterocycles. The number of thiocyanates is 1. The van der Waals surface area contributed by atoms with Gasteiger partial charge in [0.2, 0.25) is 5.91 Å². The number of benzene rings is 1. The largest absolute Gasteiger partial charge is 0.323 e. The molecule has 2 rings (SSSR count). The van der Waals surface area contributed by atoms with Gasteiger partial charge in [0.1, 0.15) is 10.7 Å². The molecule has 17 heavy (non-hydrogen) atoms. The molecule has 1 N–H and O–H groups in total. The molecule has 0 bridgehead atoms. The quantitative estimate of drug-likeness (QED) is 0.773. The van der Waals surface area contributed by atoms with Crippen molar-refractivity contribution in [2.45, 2.75) is 19.1 Å². The second-order valence-corrected chi connectivity index (χ2v) is 4.74. The van der Waals surface area contributed by atoms with E-state index in [4.69, 9.17) is 5.26 Å². The zero-order valence-corrected chi connectivity index (χ0v) is 10.3. The minimum Gasteiger partial charge on any atom is -0.323 e. The molecule has 0 aliphatic carbocycles. The SMILES string of the molecule is CC1=Nc2ccc(C)cc2NC(=O)C1SC#N. The predicted molar refractivity (Wildman–Crippen MR) is 69.6 cm³/mol. The van der Waals surface area contributed by atoms with Gasteiger partial charge >= 0.3 is 0 Å². The first-order valence-corrected chi connectivity index (χ1v) is 6.01. The van der Waals surface area contributed by atoms with Crippen LogP contribution in [0.5, 0.6) is 0 Å². The summed E-state index contributed by atoms with van der Waals surface area (Å²) in [5.74, 6) is -0.192. The Bertz CT molecular complexity index is 545. The molecule has 0 radical (unpaired) electrons. The number of amides is 1. The second-order valence-electron chi connectivity index (χ2n) is 3.85. The van der Waals surface area contributed by atoms with Crippen LogP contribution in [0.1, 0.15) is 12.5 Å². The van der Waals surface area contributed by atoms with Gasteiger partial charge in [-0.2, -0.15) is 5.26 Å². The molecule has 1 atom stereocenters. The van der Waals surface area contributed by atoms with E-state index in [-0.39, 0.29) is 5.91 Å². The number of rotatable bonds is 1. The van der Waals surface area contributed by atoms with Crippen LogP contribution >= 0.6 is 11.8 Å². The summed E-state index contributed by atoms with van der Waals surface area (Å²) < 4.78 is 0. The Morgan fingerprint density at radius 1 is 1.47 bits per heavy atom. The highest BCUT2D eigenvalue weighted by atomic mass is 32.2. The first-order chi connectivity index (χ1) is 8.11. The van der Waals surface area contributed by atoms with E-state index in [2.05, 4.69) is 10.3 Å². The second kappa shape index (κ2) is 4.60. The smallest absolute Gasteiger partial charge is 0.244 e.